The van der Waals surface area contributed by atoms with Crippen LogP contribution in [0.15, 0.2) is 18.5 Å². The Bertz CT molecular complexity index is 258. The summed E-state index contributed by atoms with van der Waals surface area (Å²) in [5.41, 5.74) is 5.71. The van der Waals surface area contributed by atoms with Crippen LogP contribution in [-0.2, 0) is 0 Å². The molecule has 0 aliphatic rings. The number of nitrogens with one attached hydrogen (secondary N) is 1. The van der Waals surface area contributed by atoms with E-state index in [9.17, 15) is 0 Å². The zero-order valence-electron chi connectivity index (χ0n) is 8.83. The molecule has 3 N–H and O–H groups in total. The molecule has 0 saturated carbocycles. The molecule has 1 aromatic rings. The second kappa shape index (κ2) is 4.91. The number of nitrogens with zero attached hydrogens (tertiary/aromatic N) is 2. The van der Waals surface area contributed by atoms with Gasteiger partial charge in [-0.05, 0) is 24.4 Å². The third-order valence-electron chi connectivity index (χ3n) is 2.11. The van der Waals surface area contributed by atoms with Gasteiger partial charge in [0.2, 0.25) is 5.95 Å². The molecule has 0 bridgehead atoms. The first-order valence-electron chi connectivity index (χ1n) is 4.85. The van der Waals surface area contributed by atoms with E-state index >= 15 is 0 Å². The lowest BCUT2D eigenvalue weighted by Crippen LogP contribution is -2.26. The van der Waals surface area contributed by atoms with E-state index in [1.165, 1.54) is 0 Å². The van der Waals surface area contributed by atoms with Crippen LogP contribution in [0.2, 0.25) is 0 Å². The Balaban J connectivity index is 2.40. The van der Waals surface area contributed by atoms with Crippen LogP contribution >= 0.6 is 0 Å². The molecular weight excluding hydrogens is 176 g/mol. The summed E-state index contributed by atoms with van der Waals surface area (Å²) in [4.78, 5) is 8.18. The van der Waals surface area contributed by atoms with Crippen LogP contribution in [0.3, 0.4) is 0 Å². The fraction of sp³-hybridized carbons (Fsp3) is 0.600. The monoisotopic (exact) mass is 194 g/mol. The molecule has 0 atom stereocenters. The molecule has 78 valence electrons. The molecule has 1 heterocycles. The summed E-state index contributed by atoms with van der Waals surface area (Å²) in [5.74, 6) is 0.678. The summed E-state index contributed by atoms with van der Waals surface area (Å²) in [6, 6.07) is 1.80. The largest absolute Gasteiger partial charge is 0.354 e. The highest BCUT2D eigenvalue weighted by Crippen LogP contribution is 2.18. The summed E-state index contributed by atoms with van der Waals surface area (Å²) in [5, 5.41) is 3.19. The molecule has 14 heavy (non-hydrogen) atoms. The molecule has 0 aliphatic heterocycles. The van der Waals surface area contributed by atoms with Crippen molar-refractivity contribution in [3.63, 3.8) is 0 Å². The van der Waals surface area contributed by atoms with E-state index < -0.39 is 0 Å². The molecule has 0 saturated heterocycles. The van der Waals surface area contributed by atoms with Crippen LogP contribution in [-0.4, -0.2) is 23.1 Å². The van der Waals surface area contributed by atoms with Crippen molar-refractivity contribution in [1.82, 2.24) is 9.97 Å². The van der Waals surface area contributed by atoms with Gasteiger partial charge in [0.15, 0.2) is 0 Å². The predicted molar refractivity (Wildman–Crippen MR) is 58.0 cm³/mol. The van der Waals surface area contributed by atoms with Crippen LogP contribution in [0.25, 0.3) is 0 Å². The van der Waals surface area contributed by atoms with Crippen molar-refractivity contribution in [2.75, 3.05) is 18.4 Å². The van der Waals surface area contributed by atoms with Crippen LogP contribution < -0.4 is 11.1 Å². The molecule has 1 aromatic heterocycles. The third-order valence-corrected chi connectivity index (χ3v) is 2.11. The molecule has 0 unspecified atom stereocenters. The number of aromatic nitrogens is 2. The highest BCUT2D eigenvalue weighted by atomic mass is 15.1. The maximum absolute atomic E-state index is 5.52. The van der Waals surface area contributed by atoms with Crippen molar-refractivity contribution in [3.8, 4) is 0 Å². The minimum Gasteiger partial charge on any atom is -0.354 e. The van der Waals surface area contributed by atoms with E-state index in [-0.39, 0.29) is 5.41 Å². The fourth-order valence-corrected chi connectivity index (χ4v) is 1.19. The molecule has 0 aromatic carbocycles. The molecule has 0 spiro atoms. The van der Waals surface area contributed by atoms with Crippen molar-refractivity contribution >= 4 is 5.95 Å². The SMILES string of the molecule is CC(C)(CCN)CNc1ncccn1. The number of rotatable bonds is 5. The van der Waals surface area contributed by atoms with Crippen molar-refractivity contribution in [1.29, 1.82) is 0 Å². The zero-order chi connectivity index (χ0) is 10.4. The summed E-state index contributed by atoms with van der Waals surface area (Å²) >= 11 is 0. The van der Waals surface area contributed by atoms with Gasteiger partial charge in [-0.1, -0.05) is 13.8 Å². The van der Waals surface area contributed by atoms with Gasteiger partial charge in [-0.15, -0.1) is 0 Å². The van der Waals surface area contributed by atoms with Gasteiger partial charge in [0.05, 0.1) is 0 Å². The lowest BCUT2D eigenvalue weighted by Gasteiger charge is -2.23. The quantitative estimate of drug-likeness (QED) is 0.740. The van der Waals surface area contributed by atoms with E-state index in [0.717, 1.165) is 13.0 Å². The Morgan fingerprint density at radius 1 is 1.36 bits per heavy atom. The average molecular weight is 194 g/mol. The Hall–Kier alpha value is -1.16. The Morgan fingerprint density at radius 3 is 2.57 bits per heavy atom. The molecule has 0 aliphatic carbocycles. The molecule has 4 heteroatoms. The molecular formula is C10H18N4. The van der Waals surface area contributed by atoms with Gasteiger partial charge in [-0.3, -0.25) is 0 Å². The van der Waals surface area contributed by atoms with Crippen LogP contribution in [0.4, 0.5) is 5.95 Å². The maximum atomic E-state index is 5.52. The van der Waals surface area contributed by atoms with Crippen LogP contribution in [0.1, 0.15) is 20.3 Å². The Kier molecular flexibility index (Phi) is 3.83. The second-order valence-electron chi connectivity index (χ2n) is 4.13. The fourth-order valence-electron chi connectivity index (χ4n) is 1.19. The average Bonchev–Trinajstić information content (AvgIpc) is 2.17. The van der Waals surface area contributed by atoms with Gasteiger partial charge in [0.25, 0.3) is 0 Å². The first kappa shape index (κ1) is 10.9. The van der Waals surface area contributed by atoms with Gasteiger partial charge < -0.3 is 11.1 Å². The zero-order valence-corrected chi connectivity index (χ0v) is 8.83. The topological polar surface area (TPSA) is 63.8 Å². The summed E-state index contributed by atoms with van der Waals surface area (Å²) < 4.78 is 0. The van der Waals surface area contributed by atoms with Gasteiger partial charge in [0, 0.05) is 18.9 Å². The van der Waals surface area contributed by atoms with E-state index in [4.69, 9.17) is 5.73 Å². The normalized spacial score (nSPS) is 11.4. The highest BCUT2D eigenvalue weighted by molar-refractivity contribution is 5.22. The van der Waals surface area contributed by atoms with Gasteiger partial charge in [0.1, 0.15) is 0 Å². The Morgan fingerprint density at radius 2 is 2.00 bits per heavy atom. The molecule has 0 radical (unpaired) electrons. The molecule has 1 rings (SSSR count). The maximum Gasteiger partial charge on any atom is 0.222 e. The van der Waals surface area contributed by atoms with Crippen molar-refractivity contribution < 1.29 is 0 Å². The molecule has 4 nitrogen and oxygen atoms in total. The predicted octanol–water partition coefficient (Wildman–Crippen LogP) is 1.26. The van der Waals surface area contributed by atoms with Gasteiger partial charge >= 0.3 is 0 Å². The summed E-state index contributed by atoms with van der Waals surface area (Å²) in [6.07, 6.45) is 4.45. The molecule has 0 fully saturated rings. The van der Waals surface area contributed by atoms with Crippen molar-refractivity contribution in [2.45, 2.75) is 20.3 Å². The summed E-state index contributed by atoms with van der Waals surface area (Å²) in [6.45, 7) is 5.91. The van der Waals surface area contributed by atoms with E-state index in [1.807, 2.05) is 0 Å². The van der Waals surface area contributed by atoms with E-state index in [2.05, 4.69) is 29.1 Å². The van der Waals surface area contributed by atoms with Crippen molar-refractivity contribution in [3.05, 3.63) is 18.5 Å². The number of hydrogen-bond acceptors (Lipinski definition) is 4. The lowest BCUT2D eigenvalue weighted by atomic mass is 9.89. The number of hydrogen-bond donors (Lipinski definition) is 2. The lowest BCUT2D eigenvalue weighted by molar-refractivity contribution is 0.364. The van der Waals surface area contributed by atoms with Crippen molar-refractivity contribution in [2.24, 2.45) is 11.1 Å². The highest BCUT2D eigenvalue weighted by Gasteiger charge is 2.16. The smallest absolute Gasteiger partial charge is 0.222 e. The number of nitrogens with two attached hydrogens (primary N) is 1. The second-order valence-corrected chi connectivity index (χ2v) is 4.13. The minimum atomic E-state index is 0.188. The first-order chi connectivity index (χ1) is 6.64. The Labute approximate surface area is 85.0 Å². The van der Waals surface area contributed by atoms with Crippen LogP contribution in [0, 0.1) is 5.41 Å². The van der Waals surface area contributed by atoms with Gasteiger partial charge in [-0.2, -0.15) is 0 Å². The summed E-state index contributed by atoms with van der Waals surface area (Å²) in [7, 11) is 0. The van der Waals surface area contributed by atoms with Crippen LogP contribution in [0.5, 0.6) is 0 Å². The van der Waals surface area contributed by atoms with Gasteiger partial charge in [-0.25, -0.2) is 9.97 Å². The van der Waals surface area contributed by atoms with E-state index in [1.54, 1.807) is 18.5 Å². The number of anilines is 1. The van der Waals surface area contributed by atoms with E-state index in [0.29, 0.717) is 12.5 Å². The third kappa shape index (κ3) is 3.70. The first-order valence-corrected chi connectivity index (χ1v) is 4.85. The molecule has 0 amide bonds. The standard InChI is InChI=1S/C10H18N4/c1-10(2,4-5-11)8-14-9-12-6-3-7-13-9/h3,6-7H,4-5,8,11H2,1-2H3,(H,12,13,14). The minimum absolute atomic E-state index is 0.188.